The van der Waals surface area contributed by atoms with E-state index in [4.69, 9.17) is 20.9 Å². The molecule has 9 heteroatoms. The molecule has 1 aromatic heterocycles. The lowest BCUT2D eigenvalue weighted by atomic mass is 10.1. The zero-order valence-corrected chi connectivity index (χ0v) is 16.6. The monoisotopic (exact) mass is 405 g/mol. The summed E-state index contributed by atoms with van der Waals surface area (Å²) in [6, 6.07) is 7.10. The van der Waals surface area contributed by atoms with Crippen LogP contribution in [0.3, 0.4) is 0 Å². The number of nitrogens with two attached hydrogens (primary N) is 2. The van der Waals surface area contributed by atoms with Crippen molar-refractivity contribution in [1.29, 1.82) is 0 Å². The van der Waals surface area contributed by atoms with E-state index in [9.17, 15) is 14.4 Å². The lowest BCUT2D eigenvalue weighted by Gasteiger charge is -2.09. The maximum absolute atomic E-state index is 12.3. The number of esters is 1. The first-order valence-corrected chi connectivity index (χ1v) is 9.54. The Morgan fingerprint density at radius 3 is 2.57 bits per heavy atom. The highest BCUT2D eigenvalue weighted by atomic mass is 32.1. The van der Waals surface area contributed by atoms with Gasteiger partial charge < -0.3 is 26.3 Å². The van der Waals surface area contributed by atoms with Crippen LogP contribution in [0.25, 0.3) is 0 Å². The van der Waals surface area contributed by atoms with Gasteiger partial charge in [-0.1, -0.05) is 12.1 Å². The molecular weight excluding hydrogens is 382 g/mol. The fraction of sp³-hybridized carbons (Fsp3) is 0.316. The largest absolute Gasteiger partial charge is 0.491 e. The van der Waals surface area contributed by atoms with Crippen LogP contribution in [0.4, 0.5) is 10.7 Å². The smallest absolute Gasteiger partial charge is 0.341 e. The number of hydrogen-bond acceptors (Lipinski definition) is 7. The summed E-state index contributed by atoms with van der Waals surface area (Å²) in [5.74, 6) is -1.02. The number of carbonyl (C=O) groups excluding carboxylic acids is 3. The Labute approximate surface area is 166 Å². The Morgan fingerprint density at radius 1 is 1.21 bits per heavy atom. The standard InChI is InChI=1S/C19H23N3O5S/c1-3-26-19(25)15-11(2)16(17(21)24)28-18(15)22-14(23)9-6-10-27-13-8-5-4-7-12(13)20/h4-5,7-8H,3,6,9-10,20H2,1-2H3,(H2,21,24)(H,22,23). The van der Waals surface area contributed by atoms with Gasteiger partial charge in [0.2, 0.25) is 5.91 Å². The summed E-state index contributed by atoms with van der Waals surface area (Å²) in [5.41, 5.74) is 12.2. The molecule has 0 saturated carbocycles. The second-order valence-electron chi connectivity index (χ2n) is 5.88. The summed E-state index contributed by atoms with van der Waals surface area (Å²) in [7, 11) is 0. The summed E-state index contributed by atoms with van der Waals surface area (Å²) in [5, 5.41) is 2.92. The summed E-state index contributed by atoms with van der Waals surface area (Å²) < 4.78 is 10.6. The van der Waals surface area contributed by atoms with Crippen LogP contribution in [0.5, 0.6) is 5.75 Å². The van der Waals surface area contributed by atoms with Crippen molar-refractivity contribution in [3.8, 4) is 5.75 Å². The molecule has 0 aliphatic heterocycles. The Kier molecular flexibility index (Phi) is 7.39. The molecule has 0 saturated heterocycles. The van der Waals surface area contributed by atoms with Crippen LogP contribution in [0.15, 0.2) is 24.3 Å². The second kappa shape index (κ2) is 9.75. The third-order valence-corrected chi connectivity index (χ3v) is 5.05. The molecule has 0 unspecified atom stereocenters. The molecule has 0 spiro atoms. The molecule has 1 heterocycles. The predicted molar refractivity (Wildman–Crippen MR) is 108 cm³/mol. The molecule has 0 aliphatic carbocycles. The first-order valence-electron chi connectivity index (χ1n) is 8.72. The molecule has 8 nitrogen and oxygen atoms in total. The van der Waals surface area contributed by atoms with Crippen LogP contribution in [0, 0.1) is 6.92 Å². The number of ether oxygens (including phenoxy) is 2. The van der Waals surface area contributed by atoms with E-state index in [1.165, 1.54) is 0 Å². The first-order chi connectivity index (χ1) is 13.3. The molecule has 2 amide bonds. The van der Waals surface area contributed by atoms with Crippen LogP contribution in [-0.2, 0) is 9.53 Å². The molecule has 5 N–H and O–H groups in total. The molecule has 2 aromatic rings. The van der Waals surface area contributed by atoms with Crippen LogP contribution in [-0.4, -0.2) is 31.0 Å². The SMILES string of the molecule is CCOC(=O)c1c(NC(=O)CCCOc2ccccc2N)sc(C(N)=O)c1C. The van der Waals surface area contributed by atoms with E-state index in [1.807, 2.05) is 6.07 Å². The van der Waals surface area contributed by atoms with Gasteiger partial charge in [-0.25, -0.2) is 4.79 Å². The van der Waals surface area contributed by atoms with Crippen molar-refractivity contribution in [1.82, 2.24) is 0 Å². The fourth-order valence-electron chi connectivity index (χ4n) is 2.50. The summed E-state index contributed by atoms with van der Waals surface area (Å²) in [4.78, 5) is 36.2. The van der Waals surface area contributed by atoms with Crippen molar-refractivity contribution in [2.45, 2.75) is 26.7 Å². The summed E-state index contributed by atoms with van der Waals surface area (Å²) in [6.07, 6.45) is 0.611. The third-order valence-electron chi connectivity index (χ3n) is 3.83. The van der Waals surface area contributed by atoms with E-state index in [2.05, 4.69) is 5.32 Å². The highest BCUT2D eigenvalue weighted by Gasteiger charge is 2.25. The summed E-state index contributed by atoms with van der Waals surface area (Å²) in [6.45, 7) is 3.75. The Morgan fingerprint density at radius 2 is 1.93 bits per heavy atom. The van der Waals surface area contributed by atoms with Gasteiger partial charge in [-0.2, -0.15) is 0 Å². The third kappa shape index (κ3) is 5.23. The van der Waals surface area contributed by atoms with Crippen molar-refractivity contribution < 1.29 is 23.9 Å². The van der Waals surface area contributed by atoms with Gasteiger partial charge in [0.25, 0.3) is 5.91 Å². The highest BCUT2D eigenvalue weighted by molar-refractivity contribution is 7.18. The van der Waals surface area contributed by atoms with E-state index >= 15 is 0 Å². The average molecular weight is 405 g/mol. The number of primary amides is 1. The van der Waals surface area contributed by atoms with Crippen LogP contribution < -0.4 is 21.5 Å². The van der Waals surface area contributed by atoms with Crippen molar-refractivity contribution in [2.24, 2.45) is 5.73 Å². The van der Waals surface area contributed by atoms with E-state index in [-0.39, 0.29) is 34.4 Å². The Hall–Kier alpha value is -3.07. The van der Waals surface area contributed by atoms with Gasteiger partial charge in [0, 0.05) is 6.42 Å². The molecule has 1 aromatic carbocycles. The number of carbonyl (C=O) groups is 3. The number of rotatable bonds is 9. The molecule has 0 radical (unpaired) electrons. The number of anilines is 2. The molecule has 0 fully saturated rings. The van der Waals surface area contributed by atoms with Crippen molar-refractivity contribution in [2.75, 3.05) is 24.3 Å². The second-order valence-corrected chi connectivity index (χ2v) is 6.90. The molecule has 0 aliphatic rings. The molecular formula is C19H23N3O5S. The van der Waals surface area contributed by atoms with Gasteiger partial charge >= 0.3 is 5.97 Å². The number of hydrogen-bond donors (Lipinski definition) is 3. The minimum absolute atomic E-state index is 0.155. The predicted octanol–water partition coefficient (Wildman–Crippen LogP) is 2.71. The Balaban J connectivity index is 1.99. The van der Waals surface area contributed by atoms with E-state index in [0.29, 0.717) is 30.0 Å². The quantitative estimate of drug-likeness (QED) is 0.334. The zero-order chi connectivity index (χ0) is 20.7. The van der Waals surface area contributed by atoms with E-state index in [1.54, 1.807) is 32.0 Å². The summed E-state index contributed by atoms with van der Waals surface area (Å²) >= 11 is 0.960. The zero-order valence-electron chi connectivity index (χ0n) is 15.7. The normalized spacial score (nSPS) is 10.4. The van der Waals surface area contributed by atoms with E-state index in [0.717, 1.165) is 11.3 Å². The van der Waals surface area contributed by atoms with Crippen LogP contribution in [0.1, 0.15) is 45.4 Å². The lowest BCUT2D eigenvalue weighted by molar-refractivity contribution is -0.116. The minimum Gasteiger partial charge on any atom is -0.491 e. The molecule has 0 bridgehead atoms. The van der Waals surface area contributed by atoms with Gasteiger partial charge in [-0.05, 0) is 38.0 Å². The topological polar surface area (TPSA) is 134 Å². The van der Waals surface area contributed by atoms with Crippen molar-refractivity contribution >= 4 is 39.8 Å². The number of thiophene rings is 1. The maximum atomic E-state index is 12.3. The van der Waals surface area contributed by atoms with Crippen LogP contribution in [0.2, 0.25) is 0 Å². The first kappa shape index (κ1) is 21.2. The van der Waals surface area contributed by atoms with Gasteiger partial charge in [0.15, 0.2) is 0 Å². The van der Waals surface area contributed by atoms with Crippen molar-refractivity contribution in [3.63, 3.8) is 0 Å². The minimum atomic E-state index is -0.664. The molecule has 0 atom stereocenters. The Bertz CT molecular complexity index is 878. The van der Waals surface area contributed by atoms with E-state index < -0.39 is 11.9 Å². The van der Waals surface area contributed by atoms with Crippen LogP contribution >= 0.6 is 11.3 Å². The molecule has 28 heavy (non-hydrogen) atoms. The number of amides is 2. The van der Waals surface area contributed by atoms with Gasteiger partial charge in [0.05, 0.1) is 29.3 Å². The number of nitrogen functional groups attached to an aromatic ring is 1. The average Bonchev–Trinajstić information content (AvgIpc) is 2.96. The van der Waals surface area contributed by atoms with Crippen molar-refractivity contribution in [3.05, 3.63) is 40.3 Å². The van der Waals surface area contributed by atoms with Gasteiger partial charge in [0.1, 0.15) is 10.8 Å². The lowest BCUT2D eigenvalue weighted by Crippen LogP contribution is -2.15. The fourth-order valence-corrected chi connectivity index (χ4v) is 3.56. The van der Waals surface area contributed by atoms with Gasteiger partial charge in [-0.3, -0.25) is 9.59 Å². The molecule has 150 valence electrons. The molecule has 2 rings (SSSR count). The maximum Gasteiger partial charge on any atom is 0.341 e. The number of para-hydroxylation sites is 2. The number of benzene rings is 1. The number of nitrogens with one attached hydrogen (secondary N) is 1. The highest BCUT2D eigenvalue weighted by Crippen LogP contribution is 2.33. The van der Waals surface area contributed by atoms with Gasteiger partial charge in [-0.15, -0.1) is 11.3 Å².